The summed E-state index contributed by atoms with van der Waals surface area (Å²) in [4.78, 5) is 0. The molecular formula is C26H34N2. The Balaban J connectivity index is 1.82. The summed E-state index contributed by atoms with van der Waals surface area (Å²) in [5.74, 6) is 0. The van der Waals surface area contributed by atoms with Crippen molar-refractivity contribution in [3.63, 3.8) is 0 Å². The molecule has 0 saturated carbocycles. The van der Waals surface area contributed by atoms with Gasteiger partial charge in [-0.2, -0.15) is 0 Å². The third kappa shape index (κ3) is 5.07. The highest BCUT2D eigenvalue weighted by Crippen LogP contribution is 2.41. The molecule has 0 atom stereocenters. The Hall–Kier alpha value is -2.48. The van der Waals surface area contributed by atoms with Gasteiger partial charge in [-0.1, -0.05) is 74.4 Å². The van der Waals surface area contributed by atoms with E-state index in [1.165, 1.54) is 37.1 Å². The van der Waals surface area contributed by atoms with Crippen LogP contribution in [0.25, 0.3) is 0 Å². The maximum Gasteiger partial charge on any atom is 0.0574 e. The number of nitrogens with zero attached hydrogens (tertiary/aromatic N) is 2. The normalized spacial score (nSPS) is 16.0. The minimum Gasteiger partial charge on any atom is -0.285 e. The van der Waals surface area contributed by atoms with Crippen molar-refractivity contribution < 1.29 is 0 Å². The van der Waals surface area contributed by atoms with E-state index < -0.39 is 0 Å². The molecule has 0 bridgehead atoms. The van der Waals surface area contributed by atoms with Gasteiger partial charge in [-0.05, 0) is 49.9 Å². The van der Waals surface area contributed by atoms with Crippen LogP contribution in [0.2, 0.25) is 0 Å². The molecule has 0 spiro atoms. The zero-order valence-corrected chi connectivity index (χ0v) is 17.3. The molecule has 2 aromatic rings. The van der Waals surface area contributed by atoms with Gasteiger partial charge in [-0.25, -0.2) is 0 Å². The van der Waals surface area contributed by atoms with Gasteiger partial charge in [-0.3, -0.25) is 10.0 Å². The Bertz CT molecular complexity index is 688. The second-order valence-corrected chi connectivity index (χ2v) is 7.95. The van der Waals surface area contributed by atoms with Crippen LogP contribution in [0.4, 0.5) is 11.4 Å². The van der Waals surface area contributed by atoms with E-state index in [1.807, 2.05) is 0 Å². The molecule has 2 heteroatoms. The summed E-state index contributed by atoms with van der Waals surface area (Å²) in [5, 5.41) is 4.90. The summed E-state index contributed by atoms with van der Waals surface area (Å²) in [6.45, 7) is 8.36. The summed E-state index contributed by atoms with van der Waals surface area (Å²) >= 11 is 0. The monoisotopic (exact) mass is 374 g/mol. The molecule has 3 rings (SSSR count). The van der Waals surface area contributed by atoms with Crippen LogP contribution < -0.4 is 10.0 Å². The van der Waals surface area contributed by atoms with Crippen LogP contribution in [0.3, 0.4) is 0 Å². The molecule has 148 valence electrons. The van der Waals surface area contributed by atoms with E-state index in [9.17, 15) is 0 Å². The van der Waals surface area contributed by atoms with Gasteiger partial charge in [0.25, 0.3) is 0 Å². The number of allylic oxidation sites excluding steroid dienone is 3. The predicted octanol–water partition coefficient (Wildman–Crippen LogP) is 7.02. The lowest BCUT2D eigenvalue weighted by atomic mass is 9.81. The van der Waals surface area contributed by atoms with E-state index in [0.29, 0.717) is 0 Å². The van der Waals surface area contributed by atoms with Crippen molar-refractivity contribution >= 4 is 11.4 Å². The maximum atomic E-state index is 4.07. The number of anilines is 2. The van der Waals surface area contributed by atoms with Gasteiger partial charge in [0.15, 0.2) is 0 Å². The zero-order valence-electron chi connectivity index (χ0n) is 17.3. The summed E-state index contributed by atoms with van der Waals surface area (Å²) in [5.41, 5.74) is 2.70. The van der Waals surface area contributed by atoms with E-state index in [2.05, 4.69) is 102 Å². The lowest BCUT2D eigenvalue weighted by Crippen LogP contribution is -2.36. The third-order valence-electron chi connectivity index (χ3n) is 5.64. The van der Waals surface area contributed by atoms with Gasteiger partial charge in [0, 0.05) is 18.5 Å². The predicted molar refractivity (Wildman–Crippen MR) is 123 cm³/mol. The summed E-state index contributed by atoms with van der Waals surface area (Å²) < 4.78 is 0. The quantitative estimate of drug-likeness (QED) is 0.326. The molecule has 0 aliphatic carbocycles. The highest BCUT2D eigenvalue weighted by atomic mass is 15.7. The number of hydrogen-bond acceptors (Lipinski definition) is 2. The van der Waals surface area contributed by atoms with Crippen LogP contribution in [0.1, 0.15) is 45.4 Å². The van der Waals surface area contributed by atoms with Crippen molar-refractivity contribution in [1.29, 1.82) is 0 Å². The molecule has 1 fully saturated rings. The summed E-state index contributed by atoms with van der Waals surface area (Å²) in [7, 11) is 0. The standard InChI is InChI=1S/C26H34N2/c1-3-5-6-7-8-15-21-26(20-4-2)22-27(24-16-11-9-12-17-24)28(23-26)25-18-13-10-14-19-25/h4,8-19H,2-3,5-7,20-23H2,1H3/b15-8+. The van der Waals surface area contributed by atoms with Crippen molar-refractivity contribution in [2.45, 2.75) is 45.4 Å². The smallest absolute Gasteiger partial charge is 0.0574 e. The van der Waals surface area contributed by atoms with Crippen LogP contribution in [-0.2, 0) is 0 Å². The van der Waals surface area contributed by atoms with Crippen molar-refractivity contribution in [3.8, 4) is 0 Å². The molecule has 1 saturated heterocycles. The third-order valence-corrected chi connectivity index (χ3v) is 5.64. The van der Waals surface area contributed by atoms with Gasteiger partial charge in [0.2, 0.25) is 0 Å². The second kappa shape index (κ2) is 10.2. The van der Waals surface area contributed by atoms with Crippen molar-refractivity contribution in [3.05, 3.63) is 85.5 Å². The first kappa shape index (κ1) is 20.3. The first-order chi connectivity index (χ1) is 13.8. The Kier molecular flexibility index (Phi) is 7.36. The van der Waals surface area contributed by atoms with Crippen LogP contribution in [-0.4, -0.2) is 13.1 Å². The number of rotatable bonds is 10. The van der Waals surface area contributed by atoms with Crippen molar-refractivity contribution in [2.24, 2.45) is 5.41 Å². The van der Waals surface area contributed by atoms with Gasteiger partial charge in [0.05, 0.1) is 11.4 Å². The van der Waals surface area contributed by atoms with Gasteiger partial charge in [0.1, 0.15) is 0 Å². The fraction of sp³-hybridized carbons (Fsp3) is 0.385. The van der Waals surface area contributed by atoms with E-state index in [0.717, 1.165) is 25.9 Å². The van der Waals surface area contributed by atoms with Gasteiger partial charge < -0.3 is 0 Å². The molecule has 1 aliphatic rings. The van der Waals surface area contributed by atoms with Crippen LogP contribution in [0.15, 0.2) is 85.5 Å². The van der Waals surface area contributed by atoms with E-state index in [4.69, 9.17) is 0 Å². The molecule has 1 heterocycles. The first-order valence-electron chi connectivity index (χ1n) is 10.7. The Labute approximate surface area is 171 Å². The largest absolute Gasteiger partial charge is 0.285 e. The minimum atomic E-state index is 0.189. The molecular weight excluding hydrogens is 340 g/mol. The van der Waals surface area contributed by atoms with E-state index in [1.54, 1.807) is 0 Å². The van der Waals surface area contributed by atoms with E-state index >= 15 is 0 Å². The molecule has 0 amide bonds. The lowest BCUT2D eigenvalue weighted by molar-refractivity contribution is 0.362. The van der Waals surface area contributed by atoms with Gasteiger partial charge in [-0.15, -0.1) is 6.58 Å². The molecule has 0 radical (unpaired) electrons. The topological polar surface area (TPSA) is 6.48 Å². The second-order valence-electron chi connectivity index (χ2n) is 7.95. The van der Waals surface area contributed by atoms with Crippen molar-refractivity contribution in [2.75, 3.05) is 23.1 Å². The first-order valence-corrected chi connectivity index (χ1v) is 10.7. The molecule has 28 heavy (non-hydrogen) atoms. The zero-order chi connectivity index (χ0) is 19.7. The number of para-hydroxylation sites is 2. The Morgan fingerprint density at radius 3 is 1.89 bits per heavy atom. The molecule has 0 unspecified atom stereocenters. The Morgan fingerprint density at radius 1 is 0.821 bits per heavy atom. The molecule has 2 aromatic carbocycles. The average molecular weight is 375 g/mol. The summed E-state index contributed by atoms with van der Waals surface area (Å²) in [6.07, 6.45) is 14.1. The minimum absolute atomic E-state index is 0.189. The highest BCUT2D eigenvalue weighted by Gasteiger charge is 2.41. The van der Waals surface area contributed by atoms with Crippen molar-refractivity contribution in [1.82, 2.24) is 0 Å². The highest BCUT2D eigenvalue weighted by molar-refractivity contribution is 5.60. The average Bonchev–Trinajstić information content (AvgIpc) is 3.12. The molecule has 1 aliphatic heterocycles. The maximum absolute atomic E-state index is 4.07. The van der Waals surface area contributed by atoms with Crippen LogP contribution in [0, 0.1) is 5.41 Å². The lowest BCUT2D eigenvalue weighted by Gasteiger charge is -2.31. The molecule has 2 nitrogen and oxygen atoms in total. The summed E-state index contributed by atoms with van der Waals surface area (Å²) in [6, 6.07) is 21.5. The van der Waals surface area contributed by atoms with E-state index in [-0.39, 0.29) is 5.41 Å². The SMILES string of the molecule is C=CCC1(C/C=C/CCCCC)CN(c2ccccc2)N(c2ccccc2)C1. The van der Waals surface area contributed by atoms with Gasteiger partial charge >= 0.3 is 0 Å². The molecule has 0 N–H and O–H groups in total. The van der Waals surface area contributed by atoms with Crippen LogP contribution in [0.5, 0.6) is 0 Å². The molecule has 0 aromatic heterocycles. The van der Waals surface area contributed by atoms with Crippen LogP contribution >= 0.6 is 0 Å². The number of unbranched alkanes of at least 4 members (excludes halogenated alkanes) is 3. The number of hydrogen-bond donors (Lipinski definition) is 0. The Morgan fingerprint density at radius 2 is 1.39 bits per heavy atom. The fourth-order valence-electron chi connectivity index (χ4n) is 4.13. The fourth-order valence-corrected chi connectivity index (χ4v) is 4.13. The number of benzene rings is 2. The number of hydrazine groups is 1.